The Labute approximate surface area is 226 Å². The number of carbonyl (C=O) groups is 2. The van der Waals surface area contributed by atoms with E-state index in [2.05, 4.69) is 33.7 Å². The van der Waals surface area contributed by atoms with Gasteiger partial charge in [0.25, 0.3) is 11.8 Å². The van der Waals surface area contributed by atoms with Crippen molar-refractivity contribution >= 4 is 39.6 Å². The van der Waals surface area contributed by atoms with Crippen LogP contribution in [0.1, 0.15) is 45.6 Å². The molecule has 2 amide bonds. The van der Waals surface area contributed by atoms with E-state index in [0.717, 1.165) is 26.4 Å². The van der Waals surface area contributed by atoms with Crippen molar-refractivity contribution in [3.05, 3.63) is 87.7 Å². The largest absolute Gasteiger partial charge is 0.332 e. The third-order valence-corrected chi connectivity index (χ3v) is 9.23. The molecule has 0 radical (unpaired) electrons. The summed E-state index contributed by atoms with van der Waals surface area (Å²) in [4.78, 5) is 29.6. The molecule has 38 heavy (non-hydrogen) atoms. The topological polar surface area (TPSA) is 75.2 Å². The first kappa shape index (κ1) is 24.8. The van der Waals surface area contributed by atoms with Gasteiger partial charge in [-0.05, 0) is 48.2 Å². The van der Waals surface area contributed by atoms with Crippen LogP contribution in [0.2, 0.25) is 0 Å². The van der Waals surface area contributed by atoms with Crippen molar-refractivity contribution in [1.82, 2.24) is 15.1 Å². The molecule has 4 aromatic rings. The van der Waals surface area contributed by atoms with Gasteiger partial charge in [-0.1, -0.05) is 53.8 Å². The summed E-state index contributed by atoms with van der Waals surface area (Å²) in [6.07, 6.45) is 0.286. The van der Waals surface area contributed by atoms with Crippen molar-refractivity contribution in [2.45, 2.75) is 31.6 Å². The van der Waals surface area contributed by atoms with E-state index in [-0.39, 0.29) is 30.7 Å². The fourth-order valence-electron chi connectivity index (χ4n) is 5.49. The van der Waals surface area contributed by atoms with Crippen LogP contribution in [0.5, 0.6) is 0 Å². The van der Waals surface area contributed by atoms with Crippen LogP contribution in [0.25, 0.3) is 10.4 Å². The molecule has 1 saturated heterocycles. The molecular formula is C28H24F2N4O2S2. The van der Waals surface area contributed by atoms with E-state index < -0.39 is 17.9 Å². The Bertz CT molecular complexity index is 1490. The lowest BCUT2D eigenvalue weighted by Crippen LogP contribution is -2.37. The third-order valence-electron chi connectivity index (χ3n) is 7.42. The zero-order chi connectivity index (χ0) is 26.5. The summed E-state index contributed by atoms with van der Waals surface area (Å²) in [5.41, 5.74) is 4.40. The van der Waals surface area contributed by atoms with Crippen LogP contribution >= 0.6 is 22.7 Å². The maximum atomic E-state index is 13.6. The number of alkyl halides is 2. The molecule has 0 bridgehead atoms. The highest BCUT2D eigenvalue weighted by Crippen LogP contribution is 2.55. The van der Waals surface area contributed by atoms with Crippen molar-refractivity contribution in [3.63, 3.8) is 0 Å². The normalized spacial score (nSPS) is 21.9. The van der Waals surface area contributed by atoms with Crippen LogP contribution in [0.4, 0.5) is 13.9 Å². The molecule has 1 fully saturated rings. The van der Waals surface area contributed by atoms with Crippen LogP contribution in [0.15, 0.2) is 66.2 Å². The van der Waals surface area contributed by atoms with E-state index in [0.29, 0.717) is 17.1 Å². The fraction of sp³-hybridized carbons (Fsp3) is 0.286. The average molecular weight is 551 g/mol. The lowest BCUT2D eigenvalue weighted by atomic mass is 9.73. The molecule has 2 aromatic heterocycles. The summed E-state index contributed by atoms with van der Waals surface area (Å²) in [6.45, 7) is 1.53. The van der Waals surface area contributed by atoms with Gasteiger partial charge >= 0.3 is 0 Å². The second kappa shape index (κ2) is 9.36. The minimum atomic E-state index is -2.81. The van der Waals surface area contributed by atoms with Crippen LogP contribution in [-0.2, 0) is 11.2 Å². The summed E-state index contributed by atoms with van der Waals surface area (Å²) in [5.74, 6) is -3.42. The number of fused-ring (bicyclic) bond motifs is 1. The molecule has 194 valence electrons. The van der Waals surface area contributed by atoms with E-state index in [1.807, 2.05) is 37.3 Å². The van der Waals surface area contributed by atoms with Crippen LogP contribution in [0.3, 0.4) is 0 Å². The maximum Gasteiger partial charge on any atom is 0.267 e. The quantitative estimate of drug-likeness (QED) is 0.327. The van der Waals surface area contributed by atoms with E-state index in [9.17, 15) is 18.4 Å². The molecule has 0 unspecified atom stereocenters. The second-order valence-corrected chi connectivity index (χ2v) is 12.0. The van der Waals surface area contributed by atoms with E-state index in [1.54, 1.807) is 29.0 Å². The predicted molar refractivity (Wildman–Crippen MR) is 144 cm³/mol. The molecule has 6 nitrogen and oxygen atoms in total. The Morgan fingerprint density at radius 1 is 1.11 bits per heavy atom. The van der Waals surface area contributed by atoms with E-state index in [1.165, 1.54) is 16.2 Å². The molecule has 6 rings (SSSR count). The van der Waals surface area contributed by atoms with Gasteiger partial charge in [0.1, 0.15) is 5.51 Å². The number of thiophene rings is 1. The van der Waals surface area contributed by atoms with Crippen molar-refractivity contribution in [3.8, 4) is 10.4 Å². The number of carbonyl (C=O) groups excluding carboxylic acids is 2. The first-order valence-electron chi connectivity index (χ1n) is 12.3. The molecule has 10 heteroatoms. The zero-order valence-corrected chi connectivity index (χ0v) is 22.1. The van der Waals surface area contributed by atoms with Gasteiger partial charge in [-0.3, -0.25) is 9.59 Å². The predicted octanol–water partition coefficient (Wildman–Crippen LogP) is 6.08. The summed E-state index contributed by atoms with van der Waals surface area (Å²) in [5, 5.41) is 11.2. The first-order chi connectivity index (χ1) is 18.2. The number of nitrogens with one attached hydrogen (secondary N) is 1. The molecule has 2 atom stereocenters. The van der Waals surface area contributed by atoms with Gasteiger partial charge in [0.05, 0.1) is 12.0 Å². The number of benzene rings is 2. The summed E-state index contributed by atoms with van der Waals surface area (Å²) >= 11 is 2.93. The lowest BCUT2D eigenvalue weighted by molar-refractivity contribution is -0.125. The molecule has 0 spiro atoms. The molecule has 3 heterocycles. The number of likely N-dealkylation sites (tertiary alicyclic amines) is 1. The third kappa shape index (κ3) is 4.41. The standard InChI is InChI=1S/C28H24F2N4O2S2/c1-27(25(36)32-26-33-31-16-37-26)14-22-20(23(27)18-5-3-2-4-6-18)13-21(38-22)17-7-9-19(10-8-17)24(35)34-12-11-28(29,30)15-34/h2-10,13,16,23H,11-12,14-15H2,1H3,(H,32,33,36)/t23-,27+/m1/s1. The molecular weight excluding hydrogens is 526 g/mol. The summed E-state index contributed by atoms with van der Waals surface area (Å²) in [6, 6.07) is 19.3. The Morgan fingerprint density at radius 2 is 1.87 bits per heavy atom. The molecule has 0 saturated carbocycles. The van der Waals surface area contributed by atoms with Gasteiger partial charge in [0, 0.05) is 34.2 Å². The maximum absolute atomic E-state index is 13.6. The van der Waals surface area contributed by atoms with Gasteiger partial charge in [0.2, 0.25) is 11.0 Å². The highest BCUT2D eigenvalue weighted by molar-refractivity contribution is 7.15. The number of anilines is 1. The number of nitrogens with zero attached hydrogens (tertiary/aromatic N) is 3. The number of aromatic nitrogens is 2. The fourth-order valence-corrected chi connectivity index (χ4v) is 7.30. The summed E-state index contributed by atoms with van der Waals surface area (Å²) in [7, 11) is 0. The van der Waals surface area contributed by atoms with Gasteiger partial charge in [-0.15, -0.1) is 21.5 Å². The highest BCUT2D eigenvalue weighted by Gasteiger charge is 2.50. The molecule has 2 aromatic carbocycles. The molecule has 2 aliphatic rings. The Balaban J connectivity index is 1.28. The number of amides is 2. The molecule has 1 N–H and O–H groups in total. The van der Waals surface area contributed by atoms with Crippen molar-refractivity contribution in [2.24, 2.45) is 5.41 Å². The van der Waals surface area contributed by atoms with Gasteiger partial charge in [-0.25, -0.2) is 8.78 Å². The number of hydrogen-bond donors (Lipinski definition) is 1. The monoisotopic (exact) mass is 550 g/mol. The SMILES string of the molecule is C[C@]1(C(=O)Nc2nncs2)Cc2sc(-c3ccc(C(=O)N4CCC(F)(F)C4)cc3)cc2[C@H]1c1ccccc1. The Kier molecular flexibility index (Phi) is 6.11. The summed E-state index contributed by atoms with van der Waals surface area (Å²) < 4.78 is 27.1. The van der Waals surface area contributed by atoms with Gasteiger partial charge in [-0.2, -0.15) is 0 Å². The Hall–Kier alpha value is -3.50. The van der Waals surface area contributed by atoms with Crippen LogP contribution in [0, 0.1) is 5.41 Å². The molecule has 1 aliphatic carbocycles. The number of halogens is 2. The average Bonchev–Trinajstić information content (AvgIpc) is 3.68. The number of hydrogen-bond acceptors (Lipinski definition) is 6. The minimum absolute atomic E-state index is 0.0670. The minimum Gasteiger partial charge on any atom is -0.332 e. The van der Waals surface area contributed by atoms with Crippen molar-refractivity contribution in [1.29, 1.82) is 0 Å². The zero-order valence-electron chi connectivity index (χ0n) is 20.5. The van der Waals surface area contributed by atoms with Crippen LogP contribution < -0.4 is 5.32 Å². The van der Waals surface area contributed by atoms with Gasteiger partial charge in [0.15, 0.2) is 0 Å². The van der Waals surface area contributed by atoms with Gasteiger partial charge < -0.3 is 10.2 Å². The smallest absolute Gasteiger partial charge is 0.267 e. The lowest BCUT2D eigenvalue weighted by Gasteiger charge is -2.31. The van der Waals surface area contributed by atoms with Crippen LogP contribution in [-0.4, -0.2) is 45.9 Å². The first-order valence-corrected chi connectivity index (χ1v) is 14.0. The van der Waals surface area contributed by atoms with Crippen molar-refractivity contribution < 1.29 is 18.4 Å². The number of rotatable bonds is 5. The Morgan fingerprint density at radius 3 is 2.53 bits per heavy atom. The van der Waals surface area contributed by atoms with E-state index >= 15 is 0 Å². The highest BCUT2D eigenvalue weighted by atomic mass is 32.1. The molecule has 1 aliphatic heterocycles. The second-order valence-electron chi connectivity index (χ2n) is 10.0. The van der Waals surface area contributed by atoms with Crippen molar-refractivity contribution in [2.75, 3.05) is 18.4 Å². The van der Waals surface area contributed by atoms with E-state index in [4.69, 9.17) is 0 Å².